The largest absolute Gasteiger partial charge is 0.417 e. The Morgan fingerprint density at radius 1 is 1.20 bits per heavy atom. The molecule has 1 aliphatic heterocycles. The van der Waals surface area contributed by atoms with E-state index in [1.807, 2.05) is 31.2 Å². The summed E-state index contributed by atoms with van der Waals surface area (Å²) >= 11 is 0. The van der Waals surface area contributed by atoms with Crippen LogP contribution in [-0.2, 0) is 26.9 Å². The summed E-state index contributed by atoms with van der Waals surface area (Å²) in [5, 5.41) is 11.8. The fourth-order valence-corrected chi connectivity index (χ4v) is 4.07. The summed E-state index contributed by atoms with van der Waals surface area (Å²) < 4.78 is 45.4. The maximum Gasteiger partial charge on any atom is 0.417 e. The van der Waals surface area contributed by atoms with E-state index in [1.165, 1.54) is 18.1 Å². The molecule has 1 heterocycles. The molecule has 1 fully saturated rings. The van der Waals surface area contributed by atoms with E-state index >= 15 is 0 Å². The van der Waals surface area contributed by atoms with Gasteiger partial charge in [0.15, 0.2) is 0 Å². The minimum Gasteiger partial charge on any atom is -0.383 e. The summed E-state index contributed by atoms with van der Waals surface area (Å²) in [6, 6.07) is 11.6. The Bertz CT molecular complexity index is 1110. The van der Waals surface area contributed by atoms with Crippen molar-refractivity contribution in [3.63, 3.8) is 0 Å². The van der Waals surface area contributed by atoms with Crippen molar-refractivity contribution in [2.75, 3.05) is 44.8 Å². The molecule has 10 heteroatoms. The average Bonchev–Trinajstić information content (AvgIpc) is 2.84. The first kappa shape index (κ1) is 26.0. The lowest BCUT2D eigenvalue weighted by Crippen LogP contribution is -2.61. The van der Waals surface area contributed by atoms with Gasteiger partial charge in [0, 0.05) is 39.0 Å². The number of hydrogen-bond acceptors (Lipinski definition) is 5. The van der Waals surface area contributed by atoms with Crippen LogP contribution in [0.5, 0.6) is 0 Å². The van der Waals surface area contributed by atoms with Crippen molar-refractivity contribution >= 4 is 17.5 Å². The van der Waals surface area contributed by atoms with Gasteiger partial charge in [-0.1, -0.05) is 24.3 Å². The molecular formula is C25H27F3N4O3. The molecule has 35 heavy (non-hydrogen) atoms. The van der Waals surface area contributed by atoms with Crippen LogP contribution in [0, 0.1) is 18.3 Å². The number of hydrogen-bond donors (Lipinski definition) is 1. The highest BCUT2D eigenvalue weighted by atomic mass is 19.4. The van der Waals surface area contributed by atoms with Gasteiger partial charge in [0.1, 0.15) is 6.04 Å². The molecule has 2 aromatic carbocycles. The summed E-state index contributed by atoms with van der Waals surface area (Å²) in [7, 11) is 1.50. The Labute approximate surface area is 202 Å². The van der Waals surface area contributed by atoms with Gasteiger partial charge in [0.2, 0.25) is 11.8 Å². The second-order valence-corrected chi connectivity index (χ2v) is 8.28. The standard InChI is InChI=1S/C25H27F3N4O3/c1-17-5-3-4-6-18(17)13-23(33)32-11-10-31(16-22(32)24(34)30-9-12-35-2)20-8-7-19(15-29)21(14-20)25(26,27)28/h3-8,14,22H,9-13,16H2,1-2H3,(H,30,34). The number of ether oxygens (including phenoxy) is 1. The third-order valence-corrected chi connectivity index (χ3v) is 6.01. The molecule has 1 aliphatic rings. The lowest BCUT2D eigenvalue weighted by atomic mass is 10.0. The van der Waals surface area contributed by atoms with Crippen molar-refractivity contribution in [1.29, 1.82) is 5.26 Å². The van der Waals surface area contributed by atoms with Crippen LogP contribution in [0.2, 0.25) is 0 Å². The van der Waals surface area contributed by atoms with Gasteiger partial charge in [0.25, 0.3) is 0 Å². The van der Waals surface area contributed by atoms with Crippen molar-refractivity contribution in [3.05, 3.63) is 64.7 Å². The zero-order valence-electron chi connectivity index (χ0n) is 19.6. The lowest BCUT2D eigenvalue weighted by Gasteiger charge is -2.42. The molecule has 7 nitrogen and oxygen atoms in total. The molecule has 2 amide bonds. The number of nitrogens with zero attached hydrogens (tertiary/aromatic N) is 3. The highest BCUT2D eigenvalue weighted by molar-refractivity contribution is 5.89. The first-order valence-electron chi connectivity index (χ1n) is 11.1. The number of aryl methyl sites for hydroxylation is 1. The highest BCUT2D eigenvalue weighted by Gasteiger charge is 2.37. The van der Waals surface area contributed by atoms with Crippen LogP contribution < -0.4 is 10.2 Å². The number of piperazine rings is 1. The van der Waals surface area contributed by atoms with Crippen LogP contribution in [0.3, 0.4) is 0 Å². The Balaban J connectivity index is 1.86. The van der Waals surface area contributed by atoms with Gasteiger partial charge in [-0.25, -0.2) is 0 Å². The number of halogens is 3. The fourth-order valence-electron chi connectivity index (χ4n) is 4.07. The second kappa shape index (κ2) is 11.2. The van der Waals surface area contributed by atoms with Gasteiger partial charge in [-0.05, 0) is 36.2 Å². The summed E-state index contributed by atoms with van der Waals surface area (Å²) in [5.41, 5.74) is 0.536. The number of anilines is 1. The molecule has 0 aliphatic carbocycles. The molecule has 3 rings (SSSR count). The van der Waals surface area contributed by atoms with E-state index in [4.69, 9.17) is 10.00 Å². The first-order chi connectivity index (χ1) is 16.7. The van der Waals surface area contributed by atoms with Crippen molar-refractivity contribution in [1.82, 2.24) is 10.2 Å². The molecule has 1 N–H and O–H groups in total. The Morgan fingerprint density at radius 2 is 1.94 bits per heavy atom. The molecule has 2 aromatic rings. The molecule has 0 radical (unpaired) electrons. The number of alkyl halides is 3. The number of methoxy groups -OCH3 is 1. The Morgan fingerprint density at radius 3 is 2.60 bits per heavy atom. The molecule has 1 saturated heterocycles. The number of amides is 2. The number of benzene rings is 2. The monoisotopic (exact) mass is 488 g/mol. The minimum atomic E-state index is -4.69. The Kier molecular flexibility index (Phi) is 8.35. The van der Waals surface area contributed by atoms with Crippen LogP contribution in [0.25, 0.3) is 0 Å². The van der Waals surface area contributed by atoms with E-state index in [-0.39, 0.29) is 50.8 Å². The lowest BCUT2D eigenvalue weighted by molar-refractivity contribution is -0.140. The summed E-state index contributed by atoms with van der Waals surface area (Å²) in [4.78, 5) is 29.3. The number of nitriles is 1. The van der Waals surface area contributed by atoms with Gasteiger partial charge >= 0.3 is 6.18 Å². The van der Waals surface area contributed by atoms with E-state index < -0.39 is 29.3 Å². The molecule has 1 unspecified atom stereocenters. The third-order valence-electron chi connectivity index (χ3n) is 6.01. The molecule has 0 aromatic heterocycles. The SMILES string of the molecule is COCCNC(=O)C1CN(c2ccc(C#N)c(C(F)(F)F)c2)CCN1C(=O)Cc1ccccc1C. The fraction of sp³-hybridized carbons (Fsp3) is 0.400. The zero-order valence-corrected chi connectivity index (χ0v) is 19.6. The van der Waals surface area contributed by atoms with Crippen LogP contribution in [0.1, 0.15) is 22.3 Å². The number of rotatable bonds is 7. The quantitative estimate of drug-likeness (QED) is 0.606. The van der Waals surface area contributed by atoms with Crippen LogP contribution in [0.4, 0.5) is 18.9 Å². The summed E-state index contributed by atoms with van der Waals surface area (Å²) in [6.45, 7) is 2.84. The third kappa shape index (κ3) is 6.31. The second-order valence-electron chi connectivity index (χ2n) is 8.28. The smallest absolute Gasteiger partial charge is 0.383 e. The van der Waals surface area contributed by atoms with E-state index in [0.717, 1.165) is 23.3 Å². The van der Waals surface area contributed by atoms with E-state index in [2.05, 4.69) is 5.32 Å². The van der Waals surface area contributed by atoms with Gasteiger partial charge in [0.05, 0.1) is 30.2 Å². The van der Waals surface area contributed by atoms with Crippen molar-refractivity contribution in [2.24, 2.45) is 0 Å². The van der Waals surface area contributed by atoms with Crippen molar-refractivity contribution < 1.29 is 27.5 Å². The predicted octanol–water partition coefficient (Wildman–Crippen LogP) is 2.91. The molecule has 0 saturated carbocycles. The molecule has 0 spiro atoms. The normalized spacial score (nSPS) is 16.1. The van der Waals surface area contributed by atoms with Crippen molar-refractivity contribution in [2.45, 2.75) is 25.6 Å². The molecular weight excluding hydrogens is 461 g/mol. The first-order valence-corrected chi connectivity index (χ1v) is 11.1. The van der Waals surface area contributed by atoms with Crippen molar-refractivity contribution in [3.8, 4) is 6.07 Å². The van der Waals surface area contributed by atoms with Gasteiger partial charge in [-0.2, -0.15) is 18.4 Å². The van der Waals surface area contributed by atoms with E-state index in [9.17, 15) is 22.8 Å². The number of nitrogens with one attached hydrogen (secondary N) is 1. The van der Waals surface area contributed by atoms with Gasteiger partial charge < -0.3 is 19.9 Å². The summed E-state index contributed by atoms with van der Waals surface area (Å²) in [5.74, 6) is -0.642. The molecule has 1 atom stereocenters. The van der Waals surface area contributed by atoms with E-state index in [1.54, 1.807) is 11.0 Å². The summed E-state index contributed by atoms with van der Waals surface area (Å²) in [6.07, 6.45) is -4.58. The topological polar surface area (TPSA) is 85.7 Å². The van der Waals surface area contributed by atoms with Crippen LogP contribution in [0.15, 0.2) is 42.5 Å². The maximum absolute atomic E-state index is 13.5. The van der Waals surface area contributed by atoms with Gasteiger partial charge in [-0.3, -0.25) is 9.59 Å². The zero-order chi connectivity index (χ0) is 25.6. The average molecular weight is 489 g/mol. The Hall–Kier alpha value is -3.58. The number of carbonyl (C=O) groups is 2. The predicted molar refractivity (Wildman–Crippen MR) is 124 cm³/mol. The molecule has 186 valence electrons. The van der Waals surface area contributed by atoms with Crippen LogP contribution >= 0.6 is 0 Å². The number of carbonyl (C=O) groups excluding carboxylic acids is 2. The molecule has 0 bridgehead atoms. The van der Waals surface area contributed by atoms with Gasteiger partial charge in [-0.15, -0.1) is 0 Å². The maximum atomic E-state index is 13.5. The van der Waals surface area contributed by atoms with Crippen LogP contribution in [-0.4, -0.2) is 62.7 Å². The minimum absolute atomic E-state index is 0.0154. The highest BCUT2D eigenvalue weighted by Crippen LogP contribution is 2.35. The van der Waals surface area contributed by atoms with E-state index in [0.29, 0.717) is 0 Å².